The van der Waals surface area contributed by atoms with Gasteiger partial charge < -0.3 is 11.5 Å². The second-order valence-electron chi connectivity index (χ2n) is 3.41. The van der Waals surface area contributed by atoms with Crippen molar-refractivity contribution in [2.45, 2.75) is 6.42 Å². The first-order valence-electron chi connectivity index (χ1n) is 4.77. The molecule has 0 aliphatic carbocycles. The molecule has 0 saturated carbocycles. The lowest BCUT2D eigenvalue weighted by molar-refractivity contribution is 1.09. The Bertz CT molecular complexity index is 513. The van der Waals surface area contributed by atoms with Crippen molar-refractivity contribution in [1.29, 1.82) is 0 Å². The highest BCUT2D eigenvalue weighted by atomic mass is 79.9. The molecule has 0 radical (unpaired) electrons. The molecule has 2 rings (SSSR count). The average molecular weight is 279 g/mol. The van der Waals surface area contributed by atoms with Gasteiger partial charge in [0.15, 0.2) is 0 Å². The van der Waals surface area contributed by atoms with Gasteiger partial charge in [-0.25, -0.2) is 4.98 Å². The van der Waals surface area contributed by atoms with Crippen LogP contribution in [0.3, 0.4) is 0 Å². The third-order valence-electron chi connectivity index (χ3n) is 2.26. The number of nitrogens with two attached hydrogens (primary N) is 2. The summed E-state index contributed by atoms with van der Waals surface area (Å²) in [6.45, 7) is 0. The number of rotatable bonds is 2. The van der Waals surface area contributed by atoms with Gasteiger partial charge in [-0.05, 0) is 11.6 Å². The molecule has 0 amide bonds. The van der Waals surface area contributed by atoms with Crippen LogP contribution in [0.25, 0.3) is 0 Å². The highest BCUT2D eigenvalue weighted by Gasteiger charge is 2.05. The predicted octanol–water partition coefficient (Wildman–Crippen LogP) is 1.99. The molecule has 1 aromatic heterocycles. The molecule has 0 saturated heterocycles. The van der Waals surface area contributed by atoms with Crippen molar-refractivity contribution in [1.82, 2.24) is 9.97 Å². The molecule has 0 unspecified atom stereocenters. The Morgan fingerprint density at radius 1 is 1.12 bits per heavy atom. The van der Waals surface area contributed by atoms with Crippen molar-refractivity contribution < 1.29 is 0 Å². The van der Waals surface area contributed by atoms with Crippen molar-refractivity contribution in [2.75, 3.05) is 11.5 Å². The molecule has 0 aliphatic rings. The summed E-state index contributed by atoms with van der Waals surface area (Å²) in [6, 6.07) is 7.97. The quantitative estimate of drug-likeness (QED) is 0.881. The van der Waals surface area contributed by atoms with Crippen LogP contribution < -0.4 is 11.5 Å². The second kappa shape index (κ2) is 4.49. The molecular formula is C11H11BrN4. The molecule has 82 valence electrons. The number of hydrogen-bond acceptors (Lipinski definition) is 4. The molecule has 0 spiro atoms. The number of benzene rings is 1. The molecule has 0 atom stereocenters. The van der Waals surface area contributed by atoms with Crippen molar-refractivity contribution in [3.05, 3.63) is 46.1 Å². The van der Waals surface area contributed by atoms with Crippen molar-refractivity contribution in [2.24, 2.45) is 0 Å². The maximum atomic E-state index is 5.77. The Kier molecular flexibility index (Phi) is 3.05. The van der Waals surface area contributed by atoms with Gasteiger partial charge in [0.25, 0.3) is 0 Å². The van der Waals surface area contributed by atoms with Gasteiger partial charge in [0.1, 0.15) is 5.82 Å². The SMILES string of the molecule is Nc1ncc(Cc2ccccc2Br)c(N)n1. The van der Waals surface area contributed by atoms with Gasteiger partial charge in [0.05, 0.1) is 0 Å². The van der Waals surface area contributed by atoms with Crippen LogP contribution >= 0.6 is 15.9 Å². The molecule has 4 N–H and O–H groups in total. The lowest BCUT2D eigenvalue weighted by Crippen LogP contribution is -2.04. The lowest BCUT2D eigenvalue weighted by atomic mass is 10.1. The Morgan fingerprint density at radius 3 is 2.56 bits per heavy atom. The van der Waals surface area contributed by atoms with Gasteiger partial charge in [-0.15, -0.1) is 0 Å². The van der Waals surface area contributed by atoms with Crippen molar-refractivity contribution >= 4 is 27.7 Å². The first-order chi connectivity index (χ1) is 7.66. The predicted molar refractivity (Wildman–Crippen MR) is 67.8 cm³/mol. The van der Waals surface area contributed by atoms with E-state index in [0.717, 1.165) is 15.6 Å². The number of halogens is 1. The molecule has 2 aromatic rings. The topological polar surface area (TPSA) is 77.8 Å². The van der Waals surface area contributed by atoms with Crippen LogP contribution in [0.5, 0.6) is 0 Å². The fourth-order valence-corrected chi connectivity index (χ4v) is 1.84. The second-order valence-corrected chi connectivity index (χ2v) is 4.26. The minimum Gasteiger partial charge on any atom is -0.383 e. The summed E-state index contributed by atoms with van der Waals surface area (Å²) in [7, 11) is 0. The fraction of sp³-hybridized carbons (Fsp3) is 0.0909. The van der Waals surface area contributed by atoms with E-state index in [0.29, 0.717) is 12.2 Å². The first-order valence-corrected chi connectivity index (χ1v) is 5.56. The number of nitrogen functional groups attached to an aromatic ring is 2. The molecule has 0 aliphatic heterocycles. The van der Waals surface area contributed by atoms with Crippen molar-refractivity contribution in [3.8, 4) is 0 Å². The molecule has 4 nitrogen and oxygen atoms in total. The van der Waals surface area contributed by atoms with E-state index in [-0.39, 0.29) is 5.95 Å². The third kappa shape index (κ3) is 2.30. The molecule has 0 bridgehead atoms. The van der Waals surface area contributed by atoms with Crippen LogP contribution in [0, 0.1) is 0 Å². The van der Waals surface area contributed by atoms with Gasteiger partial charge in [0.2, 0.25) is 5.95 Å². The summed E-state index contributed by atoms with van der Waals surface area (Å²) in [5.41, 5.74) is 13.2. The summed E-state index contributed by atoms with van der Waals surface area (Å²) in [5.74, 6) is 0.636. The van der Waals surface area contributed by atoms with Crippen LogP contribution in [0.4, 0.5) is 11.8 Å². The summed E-state index contributed by atoms with van der Waals surface area (Å²) in [5, 5.41) is 0. The largest absolute Gasteiger partial charge is 0.383 e. The molecule has 0 fully saturated rings. The van der Waals surface area contributed by atoms with Crippen LogP contribution in [0.15, 0.2) is 34.9 Å². The van der Waals surface area contributed by atoms with Crippen LogP contribution in [0.2, 0.25) is 0 Å². The monoisotopic (exact) mass is 278 g/mol. The van der Waals surface area contributed by atoms with Gasteiger partial charge in [-0.2, -0.15) is 4.98 Å². The minimum absolute atomic E-state index is 0.202. The maximum absolute atomic E-state index is 5.77. The van der Waals surface area contributed by atoms with E-state index in [1.54, 1.807) is 6.20 Å². The normalized spacial score (nSPS) is 10.3. The summed E-state index contributed by atoms with van der Waals surface area (Å²) < 4.78 is 1.05. The van der Waals surface area contributed by atoms with E-state index in [9.17, 15) is 0 Å². The van der Waals surface area contributed by atoms with E-state index in [1.807, 2.05) is 24.3 Å². The maximum Gasteiger partial charge on any atom is 0.221 e. The van der Waals surface area contributed by atoms with E-state index in [1.165, 1.54) is 0 Å². The molecule has 1 aromatic carbocycles. The minimum atomic E-state index is 0.202. The van der Waals surface area contributed by atoms with Crippen LogP contribution in [0.1, 0.15) is 11.1 Å². The van der Waals surface area contributed by atoms with Gasteiger partial charge in [-0.3, -0.25) is 0 Å². The summed E-state index contributed by atoms with van der Waals surface area (Å²) in [4.78, 5) is 7.87. The zero-order chi connectivity index (χ0) is 11.5. The summed E-state index contributed by atoms with van der Waals surface area (Å²) >= 11 is 3.49. The smallest absolute Gasteiger partial charge is 0.221 e. The van der Waals surface area contributed by atoms with Gasteiger partial charge in [-0.1, -0.05) is 34.1 Å². The molecule has 16 heavy (non-hydrogen) atoms. The Morgan fingerprint density at radius 2 is 1.88 bits per heavy atom. The van der Waals surface area contributed by atoms with Gasteiger partial charge in [0, 0.05) is 22.7 Å². The molecular weight excluding hydrogens is 268 g/mol. The van der Waals surface area contributed by atoms with Crippen LogP contribution in [-0.4, -0.2) is 9.97 Å². The van der Waals surface area contributed by atoms with E-state index in [2.05, 4.69) is 25.9 Å². The van der Waals surface area contributed by atoms with Crippen molar-refractivity contribution in [3.63, 3.8) is 0 Å². The Balaban J connectivity index is 2.31. The van der Waals surface area contributed by atoms with E-state index < -0.39 is 0 Å². The average Bonchev–Trinajstić information content (AvgIpc) is 2.25. The lowest BCUT2D eigenvalue weighted by Gasteiger charge is -2.06. The third-order valence-corrected chi connectivity index (χ3v) is 3.03. The Labute approximate surface area is 102 Å². The van der Waals surface area contributed by atoms with Crippen LogP contribution in [-0.2, 0) is 6.42 Å². The number of hydrogen-bond donors (Lipinski definition) is 2. The molecule has 5 heteroatoms. The first kappa shape index (κ1) is 10.9. The number of nitrogens with zero attached hydrogens (tertiary/aromatic N) is 2. The standard InChI is InChI=1S/C11H11BrN4/c12-9-4-2-1-3-7(9)5-8-6-15-11(14)16-10(8)13/h1-4,6H,5H2,(H4,13,14,15,16). The van der Waals surface area contributed by atoms with Gasteiger partial charge >= 0.3 is 0 Å². The molecule has 1 heterocycles. The highest BCUT2D eigenvalue weighted by molar-refractivity contribution is 9.10. The van der Waals surface area contributed by atoms with E-state index >= 15 is 0 Å². The zero-order valence-corrected chi connectivity index (χ0v) is 10.1. The number of anilines is 2. The zero-order valence-electron chi connectivity index (χ0n) is 8.52. The summed E-state index contributed by atoms with van der Waals surface area (Å²) in [6.07, 6.45) is 2.35. The Hall–Kier alpha value is -1.62. The highest BCUT2D eigenvalue weighted by Crippen LogP contribution is 2.21. The number of aromatic nitrogens is 2. The fourth-order valence-electron chi connectivity index (χ4n) is 1.42. The van der Waals surface area contributed by atoms with E-state index in [4.69, 9.17) is 11.5 Å².